The molecule has 1 heterocycles. The molecule has 1 aromatic rings. The molecule has 0 radical (unpaired) electrons. The summed E-state index contributed by atoms with van der Waals surface area (Å²) in [5.41, 5.74) is 1.01. The van der Waals surface area contributed by atoms with Gasteiger partial charge < -0.3 is 15.3 Å². The minimum Gasteiger partial charge on any atom is -0.387 e. The zero-order chi connectivity index (χ0) is 11.8. The normalized spacial score (nSPS) is 13.2. The molecule has 1 unspecified atom stereocenters. The molecule has 4 heteroatoms. The molecule has 1 aromatic heterocycles. The predicted octanol–water partition coefficient (Wildman–Crippen LogP) is 1.71. The van der Waals surface area contributed by atoms with Gasteiger partial charge in [-0.05, 0) is 35.5 Å². The van der Waals surface area contributed by atoms with Crippen LogP contribution in [0.3, 0.4) is 0 Å². The minimum atomic E-state index is -0.372. The van der Waals surface area contributed by atoms with Crippen molar-refractivity contribution in [2.75, 3.05) is 32.7 Å². The molecular weight excluding hydrogens is 220 g/mol. The van der Waals surface area contributed by atoms with E-state index in [1.165, 1.54) is 0 Å². The van der Waals surface area contributed by atoms with Crippen LogP contribution in [-0.2, 0) is 0 Å². The number of aliphatic hydroxyl groups excluding tert-OH is 1. The molecular formula is C12H22N2OS. The lowest BCUT2D eigenvalue weighted by atomic mass is 10.2. The van der Waals surface area contributed by atoms with Crippen LogP contribution in [0.2, 0.25) is 0 Å². The van der Waals surface area contributed by atoms with Crippen molar-refractivity contribution in [2.45, 2.75) is 20.0 Å². The Bertz CT molecular complexity index is 260. The number of likely N-dealkylation sites (N-methyl/N-ethyl adjacent to an activating group) is 1. The van der Waals surface area contributed by atoms with Gasteiger partial charge in [0.2, 0.25) is 0 Å². The van der Waals surface area contributed by atoms with Gasteiger partial charge in [-0.1, -0.05) is 13.8 Å². The third-order valence-electron chi connectivity index (χ3n) is 2.76. The van der Waals surface area contributed by atoms with Crippen LogP contribution in [0.25, 0.3) is 0 Å². The molecule has 2 N–H and O–H groups in total. The van der Waals surface area contributed by atoms with Gasteiger partial charge in [-0.3, -0.25) is 0 Å². The van der Waals surface area contributed by atoms with Crippen LogP contribution < -0.4 is 5.32 Å². The Morgan fingerprint density at radius 2 is 2.19 bits per heavy atom. The van der Waals surface area contributed by atoms with Crippen LogP contribution >= 0.6 is 11.3 Å². The van der Waals surface area contributed by atoms with E-state index in [0.29, 0.717) is 6.54 Å². The second kappa shape index (κ2) is 7.79. The van der Waals surface area contributed by atoms with Crippen LogP contribution in [0.5, 0.6) is 0 Å². The Balaban J connectivity index is 2.11. The first-order valence-corrected chi connectivity index (χ1v) is 6.85. The maximum absolute atomic E-state index is 9.82. The average Bonchev–Trinajstić information content (AvgIpc) is 2.82. The molecule has 3 nitrogen and oxygen atoms in total. The Labute approximate surface area is 102 Å². The number of nitrogens with one attached hydrogen (secondary N) is 1. The van der Waals surface area contributed by atoms with E-state index in [1.54, 1.807) is 11.3 Å². The molecule has 0 amide bonds. The zero-order valence-electron chi connectivity index (χ0n) is 10.1. The molecule has 0 saturated carbocycles. The van der Waals surface area contributed by atoms with Gasteiger partial charge in [-0.2, -0.15) is 11.3 Å². The summed E-state index contributed by atoms with van der Waals surface area (Å²) in [6.45, 7) is 9.13. The van der Waals surface area contributed by atoms with Gasteiger partial charge in [0.25, 0.3) is 0 Å². The molecule has 0 aliphatic carbocycles. The van der Waals surface area contributed by atoms with Crippen molar-refractivity contribution in [3.63, 3.8) is 0 Å². The molecule has 1 rings (SSSR count). The maximum atomic E-state index is 9.82. The highest BCUT2D eigenvalue weighted by Crippen LogP contribution is 2.14. The van der Waals surface area contributed by atoms with Crippen molar-refractivity contribution >= 4 is 11.3 Å². The highest BCUT2D eigenvalue weighted by atomic mass is 32.1. The van der Waals surface area contributed by atoms with Gasteiger partial charge >= 0.3 is 0 Å². The maximum Gasteiger partial charge on any atom is 0.0922 e. The molecule has 92 valence electrons. The standard InChI is InChI=1S/C12H22N2OS/c1-3-14(4-2)7-6-13-9-12(15)11-5-8-16-10-11/h5,8,10,12-13,15H,3-4,6-7,9H2,1-2H3. The molecule has 0 aromatic carbocycles. The second-order valence-corrected chi connectivity index (χ2v) is 4.58. The summed E-state index contributed by atoms with van der Waals surface area (Å²) in [5.74, 6) is 0. The summed E-state index contributed by atoms with van der Waals surface area (Å²) in [4.78, 5) is 2.37. The fourth-order valence-corrected chi connectivity index (χ4v) is 2.31. The predicted molar refractivity (Wildman–Crippen MR) is 69.9 cm³/mol. The molecule has 0 aliphatic rings. The van der Waals surface area contributed by atoms with E-state index in [-0.39, 0.29) is 6.10 Å². The van der Waals surface area contributed by atoms with E-state index in [0.717, 1.165) is 31.7 Å². The molecule has 0 aliphatic heterocycles. The molecule has 1 atom stereocenters. The summed E-state index contributed by atoms with van der Waals surface area (Å²) < 4.78 is 0. The van der Waals surface area contributed by atoms with Crippen LogP contribution in [0.1, 0.15) is 25.5 Å². The molecule has 16 heavy (non-hydrogen) atoms. The van der Waals surface area contributed by atoms with Crippen molar-refractivity contribution < 1.29 is 5.11 Å². The summed E-state index contributed by atoms with van der Waals surface area (Å²) >= 11 is 1.62. The minimum absolute atomic E-state index is 0.372. The summed E-state index contributed by atoms with van der Waals surface area (Å²) in [7, 11) is 0. The van der Waals surface area contributed by atoms with Crippen molar-refractivity contribution in [1.29, 1.82) is 0 Å². The smallest absolute Gasteiger partial charge is 0.0922 e. The number of rotatable bonds is 8. The number of hydrogen-bond acceptors (Lipinski definition) is 4. The quantitative estimate of drug-likeness (QED) is 0.681. The average molecular weight is 242 g/mol. The first-order valence-electron chi connectivity index (χ1n) is 5.91. The number of thiophene rings is 1. The third kappa shape index (κ3) is 4.61. The Kier molecular flexibility index (Phi) is 6.64. The monoisotopic (exact) mass is 242 g/mol. The lowest BCUT2D eigenvalue weighted by Crippen LogP contribution is -2.33. The Morgan fingerprint density at radius 1 is 1.44 bits per heavy atom. The highest BCUT2D eigenvalue weighted by molar-refractivity contribution is 7.07. The van der Waals surface area contributed by atoms with E-state index in [4.69, 9.17) is 0 Å². The van der Waals surface area contributed by atoms with E-state index in [1.807, 2.05) is 16.8 Å². The van der Waals surface area contributed by atoms with E-state index in [2.05, 4.69) is 24.1 Å². The van der Waals surface area contributed by atoms with Gasteiger partial charge in [-0.25, -0.2) is 0 Å². The van der Waals surface area contributed by atoms with E-state index >= 15 is 0 Å². The summed E-state index contributed by atoms with van der Waals surface area (Å²) in [6.07, 6.45) is -0.372. The molecule has 0 fully saturated rings. The Hall–Kier alpha value is -0.420. The number of hydrogen-bond donors (Lipinski definition) is 2. The van der Waals surface area contributed by atoms with E-state index < -0.39 is 0 Å². The first kappa shape index (κ1) is 13.6. The van der Waals surface area contributed by atoms with Crippen LogP contribution in [0.4, 0.5) is 0 Å². The second-order valence-electron chi connectivity index (χ2n) is 3.80. The number of nitrogens with zero attached hydrogens (tertiary/aromatic N) is 1. The fraction of sp³-hybridized carbons (Fsp3) is 0.667. The topological polar surface area (TPSA) is 35.5 Å². The fourth-order valence-electron chi connectivity index (χ4n) is 1.60. The van der Waals surface area contributed by atoms with Crippen molar-refractivity contribution in [3.8, 4) is 0 Å². The number of aliphatic hydroxyl groups is 1. The van der Waals surface area contributed by atoms with Gasteiger partial charge in [0.05, 0.1) is 6.10 Å². The van der Waals surface area contributed by atoms with Gasteiger partial charge in [0.1, 0.15) is 0 Å². The zero-order valence-corrected chi connectivity index (χ0v) is 11.0. The van der Waals surface area contributed by atoms with Crippen LogP contribution in [-0.4, -0.2) is 42.7 Å². The largest absolute Gasteiger partial charge is 0.387 e. The summed E-state index contributed by atoms with van der Waals surface area (Å²) in [6, 6.07) is 1.97. The van der Waals surface area contributed by atoms with Gasteiger partial charge in [0.15, 0.2) is 0 Å². The molecule has 0 bridgehead atoms. The van der Waals surface area contributed by atoms with Gasteiger partial charge in [0, 0.05) is 19.6 Å². The lowest BCUT2D eigenvalue weighted by molar-refractivity contribution is 0.173. The third-order valence-corrected chi connectivity index (χ3v) is 3.47. The van der Waals surface area contributed by atoms with Crippen LogP contribution in [0.15, 0.2) is 16.8 Å². The SMILES string of the molecule is CCN(CC)CCNCC(O)c1ccsc1. The van der Waals surface area contributed by atoms with Gasteiger partial charge in [-0.15, -0.1) is 0 Å². The highest BCUT2D eigenvalue weighted by Gasteiger charge is 2.06. The van der Waals surface area contributed by atoms with Crippen molar-refractivity contribution in [3.05, 3.63) is 22.4 Å². The Morgan fingerprint density at radius 3 is 2.75 bits per heavy atom. The molecule has 0 spiro atoms. The van der Waals surface area contributed by atoms with E-state index in [9.17, 15) is 5.11 Å². The lowest BCUT2D eigenvalue weighted by Gasteiger charge is -2.18. The summed E-state index contributed by atoms with van der Waals surface area (Å²) in [5, 5.41) is 17.1. The van der Waals surface area contributed by atoms with Crippen molar-refractivity contribution in [2.24, 2.45) is 0 Å². The molecule has 0 saturated heterocycles. The van der Waals surface area contributed by atoms with Crippen LogP contribution in [0, 0.1) is 0 Å². The first-order chi connectivity index (χ1) is 7.77. The van der Waals surface area contributed by atoms with Crippen molar-refractivity contribution in [1.82, 2.24) is 10.2 Å².